The molecule has 4 heteroatoms. The van der Waals surface area contributed by atoms with Crippen LogP contribution in [0.3, 0.4) is 0 Å². The van der Waals surface area contributed by atoms with Crippen molar-refractivity contribution in [2.24, 2.45) is 0 Å². The second kappa shape index (κ2) is 4.65. The average Bonchev–Trinajstić information content (AvgIpc) is 2.80. The zero-order valence-corrected chi connectivity index (χ0v) is 9.37. The Kier molecular flexibility index (Phi) is 3.05. The lowest BCUT2D eigenvalue weighted by atomic mass is 10.1. The van der Waals surface area contributed by atoms with Gasteiger partial charge in [-0.05, 0) is 30.7 Å². The third kappa shape index (κ3) is 2.60. The van der Waals surface area contributed by atoms with E-state index in [4.69, 9.17) is 5.11 Å². The highest BCUT2D eigenvalue weighted by molar-refractivity contribution is 5.86. The van der Waals surface area contributed by atoms with Gasteiger partial charge in [0.15, 0.2) is 0 Å². The second-order valence-corrected chi connectivity index (χ2v) is 3.70. The Hall–Kier alpha value is -2.36. The summed E-state index contributed by atoms with van der Waals surface area (Å²) in [6, 6.07) is 5.86. The molecule has 0 bridgehead atoms. The number of rotatable bonds is 3. The van der Waals surface area contributed by atoms with E-state index in [2.05, 4.69) is 4.98 Å². The Balaban J connectivity index is 2.48. The van der Waals surface area contributed by atoms with Crippen molar-refractivity contribution in [2.45, 2.75) is 6.92 Å². The molecule has 0 atom stereocenters. The van der Waals surface area contributed by atoms with E-state index < -0.39 is 5.97 Å². The van der Waals surface area contributed by atoms with Crippen molar-refractivity contribution >= 4 is 12.0 Å². The van der Waals surface area contributed by atoms with E-state index in [1.54, 1.807) is 18.6 Å². The molecule has 4 nitrogen and oxygen atoms in total. The maximum atomic E-state index is 10.5. The van der Waals surface area contributed by atoms with E-state index in [9.17, 15) is 4.79 Å². The van der Waals surface area contributed by atoms with Crippen LogP contribution in [0.5, 0.6) is 0 Å². The summed E-state index contributed by atoms with van der Waals surface area (Å²) in [5.74, 6) is -0.955. The molecule has 1 N–H and O–H groups in total. The molecule has 0 aliphatic heterocycles. The van der Waals surface area contributed by atoms with Gasteiger partial charge in [0.05, 0.1) is 12.0 Å². The van der Waals surface area contributed by atoms with Crippen LogP contribution in [0.4, 0.5) is 0 Å². The average molecular weight is 228 g/mol. The van der Waals surface area contributed by atoms with E-state index in [1.807, 2.05) is 35.9 Å². The maximum Gasteiger partial charge on any atom is 0.328 e. The van der Waals surface area contributed by atoms with Gasteiger partial charge in [-0.25, -0.2) is 9.78 Å². The summed E-state index contributed by atoms with van der Waals surface area (Å²) in [7, 11) is 0. The molecule has 0 radical (unpaired) electrons. The smallest absolute Gasteiger partial charge is 0.328 e. The summed E-state index contributed by atoms with van der Waals surface area (Å²) in [5, 5.41) is 8.66. The summed E-state index contributed by atoms with van der Waals surface area (Å²) in [4.78, 5) is 14.5. The Morgan fingerprint density at radius 2 is 2.29 bits per heavy atom. The number of hydrogen-bond donors (Lipinski definition) is 1. The predicted molar refractivity (Wildman–Crippen MR) is 65.0 cm³/mol. The van der Waals surface area contributed by atoms with Gasteiger partial charge in [-0.2, -0.15) is 0 Å². The van der Waals surface area contributed by atoms with Gasteiger partial charge in [-0.1, -0.05) is 11.6 Å². The van der Waals surface area contributed by atoms with Crippen LogP contribution in [0.1, 0.15) is 11.1 Å². The number of carboxylic acid groups (broad SMARTS) is 1. The lowest BCUT2D eigenvalue weighted by molar-refractivity contribution is -0.131. The fraction of sp³-hybridized carbons (Fsp3) is 0.0769. The highest BCUT2D eigenvalue weighted by Crippen LogP contribution is 2.17. The topological polar surface area (TPSA) is 55.1 Å². The minimum atomic E-state index is -0.955. The maximum absolute atomic E-state index is 10.5. The van der Waals surface area contributed by atoms with Crippen molar-refractivity contribution in [2.75, 3.05) is 0 Å². The zero-order valence-electron chi connectivity index (χ0n) is 9.37. The summed E-state index contributed by atoms with van der Waals surface area (Å²) in [5.41, 5.74) is 2.84. The first-order chi connectivity index (χ1) is 8.16. The monoisotopic (exact) mass is 228 g/mol. The van der Waals surface area contributed by atoms with Crippen LogP contribution in [0.2, 0.25) is 0 Å². The number of carboxylic acids is 1. The Labute approximate surface area is 98.9 Å². The molecular weight excluding hydrogens is 216 g/mol. The van der Waals surface area contributed by atoms with Crippen LogP contribution in [0, 0.1) is 6.92 Å². The van der Waals surface area contributed by atoms with Crippen LogP contribution in [-0.2, 0) is 4.79 Å². The first-order valence-electron chi connectivity index (χ1n) is 5.17. The molecule has 0 saturated carbocycles. The van der Waals surface area contributed by atoms with E-state index in [0.717, 1.165) is 22.9 Å². The fourth-order valence-electron chi connectivity index (χ4n) is 1.61. The molecule has 0 aliphatic carbocycles. The van der Waals surface area contributed by atoms with Crippen LogP contribution in [0.15, 0.2) is 43.0 Å². The minimum Gasteiger partial charge on any atom is -0.478 e. The van der Waals surface area contributed by atoms with Crippen LogP contribution < -0.4 is 0 Å². The molecule has 2 rings (SSSR count). The Morgan fingerprint density at radius 3 is 2.94 bits per heavy atom. The highest BCUT2D eigenvalue weighted by Gasteiger charge is 2.02. The van der Waals surface area contributed by atoms with Gasteiger partial charge in [-0.15, -0.1) is 0 Å². The largest absolute Gasteiger partial charge is 0.478 e. The molecule has 0 fully saturated rings. The molecule has 2 aromatic rings. The molecule has 86 valence electrons. The molecule has 0 amide bonds. The van der Waals surface area contributed by atoms with E-state index in [-0.39, 0.29) is 0 Å². The van der Waals surface area contributed by atoms with Crippen molar-refractivity contribution in [3.63, 3.8) is 0 Å². The van der Waals surface area contributed by atoms with Crippen molar-refractivity contribution in [3.05, 3.63) is 54.1 Å². The Morgan fingerprint density at radius 1 is 1.47 bits per heavy atom. The third-order valence-electron chi connectivity index (χ3n) is 2.37. The number of carbonyl (C=O) groups is 1. The first-order valence-corrected chi connectivity index (χ1v) is 5.17. The SMILES string of the molecule is Cc1ccc(-n2ccnc2)c(/C=C/C(=O)O)c1. The molecule has 17 heavy (non-hydrogen) atoms. The number of hydrogen-bond acceptors (Lipinski definition) is 2. The Bertz CT molecular complexity index is 557. The number of aryl methyl sites for hydroxylation is 1. The van der Waals surface area contributed by atoms with Crippen molar-refractivity contribution in [1.82, 2.24) is 9.55 Å². The summed E-state index contributed by atoms with van der Waals surface area (Å²) in [6.45, 7) is 1.97. The quantitative estimate of drug-likeness (QED) is 0.820. The lowest BCUT2D eigenvalue weighted by Gasteiger charge is -2.07. The molecule has 0 unspecified atom stereocenters. The number of aliphatic carboxylic acids is 1. The summed E-state index contributed by atoms with van der Waals surface area (Å²) >= 11 is 0. The number of benzene rings is 1. The van der Waals surface area contributed by atoms with Gasteiger partial charge in [-0.3, -0.25) is 0 Å². The van der Waals surface area contributed by atoms with Gasteiger partial charge < -0.3 is 9.67 Å². The van der Waals surface area contributed by atoms with Crippen LogP contribution >= 0.6 is 0 Å². The summed E-state index contributed by atoms with van der Waals surface area (Å²) in [6.07, 6.45) is 7.91. The van der Waals surface area contributed by atoms with Crippen LogP contribution in [-0.4, -0.2) is 20.6 Å². The standard InChI is InChI=1S/C13H12N2O2/c1-10-2-4-12(15-7-6-14-9-15)11(8-10)3-5-13(16)17/h2-9H,1H3,(H,16,17)/b5-3+. The van der Waals surface area contributed by atoms with E-state index in [1.165, 1.54) is 0 Å². The van der Waals surface area contributed by atoms with E-state index in [0.29, 0.717) is 0 Å². The van der Waals surface area contributed by atoms with Gasteiger partial charge in [0.1, 0.15) is 0 Å². The van der Waals surface area contributed by atoms with Crippen LogP contribution in [0.25, 0.3) is 11.8 Å². The fourth-order valence-corrected chi connectivity index (χ4v) is 1.61. The molecule has 1 heterocycles. The van der Waals surface area contributed by atoms with Gasteiger partial charge in [0.25, 0.3) is 0 Å². The normalized spacial score (nSPS) is 10.9. The molecule has 1 aromatic carbocycles. The van der Waals surface area contributed by atoms with Crippen molar-refractivity contribution < 1.29 is 9.90 Å². The molecule has 0 spiro atoms. The van der Waals surface area contributed by atoms with Crippen molar-refractivity contribution in [3.8, 4) is 5.69 Å². The third-order valence-corrected chi connectivity index (χ3v) is 2.37. The second-order valence-electron chi connectivity index (χ2n) is 3.70. The highest BCUT2D eigenvalue weighted by atomic mass is 16.4. The van der Waals surface area contributed by atoms with Crippen molar-refractivity contribution in [1.29, 1.82) is 0 Å². The predicted octanol–water partition coefficient (Wildman–Crippen LogP) is 2.28. The number of aromatic nitrogens is 2. The minimum absolute atomic E-state index is 0.852. The first kappa shape index (κ1) is 11.1. The number of nitrogens with zero attached hydrogens (tertiary/aromatic N) is 2. The van der Waals surface area contributed by atoms with Gasteiger partial charge >= 0.3 is 5.97 Å². The summed E-state index contributed by atoms with van der Waals surface area (Å²) < 4.78 is 1.85. The van der Waals surface area contributed by atoms with Gasteiger partial charge in [0.2, 0.25) is 0 Å². The molecule has 0 saturated heterocycles. The van der Waals surface area contributed by atoms with Gasteiger partial charge in [0, 0.05) is 18.5 Å². The number of imidazole rings is 1. The molecule has 0 aliphatic rings. The zero-order chi connectivity index (χ0) is 12.3. The van der Waals surface area contributed by atoms with E-state index >= 15 is 0 Å². The molecular formula is C13H12N2O2. The lowest BCUT2D eigenvalue weighted by Crippen LogP contribution is -1.95. The molecule has 1 aromatic heterocycles.